The Kier molecular flexibility index (Phi) is 3.79. The molecule has 1 aromatic carbocycles. The Morgan fingerprint density at radius 2 is 1.72 bits per heavy atom. The van der Waals surface area contributed by atoms with E-state index in [0.29, 0.717) is 12.1 Å². The molecular weight excluding hydrogens is 262 g/mol. The van der Waals surface area contributed by atoms with E-state index < -0.39 is 30.3 Å². The van der Waals surface area contributed by atoms with Gasteiger partial charge in [0.05, 0.1) is 11.1 Å². The van der Waals surface area contributed by atoms with Crippen LogP contribution in [-0.2, 0) is 6.18 Å². The van der Waals surface area contributed by atoms with Crippen LogP contribution >= 0.6 is 0 Å². The maximum absolute atomic E-state index is 12.3. The molecular formula is C11H6F6O. The molecule has 98 valence electrons. The SMILES string of the molecule is C#Cc1cc(C(F)(F)F)ccc1OCC(F)(F)F. The monoisotopic (exact) mass is 268 g/mol. The van der Waals surface area contributed by atoms with E-state index in [1.165, 1.54) is 0 Å². The van der Waals surface area contributed by atoms with Crippen LogP contribution in [0.2, 0.25) is 0 Å². The number of hydrogen-bond donors (Lipinski definition) is 0. The summed E-state index contributed by atoms with van der Waals surface area (Å²) in [5, 5.41) is 0. The highest BCUT2D eigenvalue weighted by molar-refractivity contribution is 5.47. The van der Waals surface area contributed by atoms with E-state index in [0.717, 1.165) is 6.07 Å². The molecule has 0 atom stereocenters. The van der Waals surface area contributed by atoms with Crippen molar-refractivity contribution in [1.29, 1.82) is 0 Å². The highest BCUT2D eigenvalue weighted by atomic mass is 19.4. The lowest BCUT2D eigenvalue weighted by molar-refractivity contribution is -0.153. The molecule has 1 aromatic rings. The molecule has 0 saturated heterocycles. The second kappa shape index (κ2) is 4.80. The molecule has 0 aromatic heterocycles. The molecule has 0 N–H and O–H groups in total. The Morgan fingerprint density at radius 3 is 2.17 bits per heavy atom. The van der Waals surface area contributed by atoms with E-state index in [9.17, 15) is 26.3 Å². The van der Waals surface area contributed by atoms with Crippen LogP contribution in [0, 0.1) is 12.3 Å². The van der Waals surface area contributed by atoms with Crippen molar-refractivity contribution in [2.24, 2.45) is 0 Å². The summed E-state index contributed by atoms with van der Waals surface area (Å²) in [7, 11) is 0. The third-order valence-corrected chi connectivity index (χ3v) is 1.85. The van der Waals surface area contributed by atoms with E-state index in [4.69, 9.17) is 6.42 Å². The van der Waals surface area contributed by atoms with Crippen LogP contribution in [0.1, 0.15) is 11.1 Å². The molecule has 7 heteroatoms. The van der Waals surface area contributed by atoms with Crippen LogP contribution in [0.25, 0.3) is 0 Å². The molecule has 0 unspecified atom stereocenters. The third kappa shape index (κ3) is 3.87. The van der Waals surface area contributed by atoms with E-state index in [1.54, 1.807) is 0 Å². The normalized spacial score (nSPS) is 12.1. The number of rotatable bonds is 2. The van der Waals surface area contributed by atoms with Crippen molar-refractivity contribution in [3.8, 4) is 18.1 Å². The molecule has 0 aliphatic heterocycles. The number of alkyl halides is 6. The average Bonchev–Trinajstić information content (AvgIpc) is 2.23. The van der Waals surface area contributed by atoms with Gasteiger partial charge in [0.15, 0.2) is 6.61 Å². The average molecular weight is 268 g/mol. The minimum atomic E-state index is -4.62. The molecule has 0 radical (unpaired) electrons. The van der Waals surface area contributed by atoms with E-state index in [1.807, 2.05) is 5.92 Å². The van der Waals surface area contributed by atoms with Crippen LogP contribution in [0.15, 0.2) is 18.2 Å². The molecule has 0 saturated carbocycles. The number of benzene rings is 1. The summed E-state index contributed by atoms with van der Waals surface area (Å²) in [5.74, 6) is 1.44. The van der Waals surface area contributed by atoms with Crippen molar-refractivity contribution in [3.63, 3.8) is 0 Å². The van der Waals surface area contributed by atoms with Gasteiger partial charge in [-0.15, -0.1) is 6.42 Å². The summed E-state index contributed by atoms with van der Waals surface area (Å²) in [5.41, 5.74) is -1.43. The molecule has 0 fully saturated rings. The minimum absolute atomic E-state index is 0.380. The topological polar surface area (TPSA) is 9.23 Å². The lowest BCUT2D eigenvalue weighted by Gasteiger charge is -2.13. The van der Waals surface area contributed by atoms with Crippen LogP contribution in [0.4, 0.5) is 26.3 Å². The Labute approximate surface area is 98.4 Å². The quantitative estimate of drug-likeness (QED) is 0.588. The lowest BCUT2D eigenvalue weighted by Crippen LogP contribution is -2.19. The fraction of sp³-hybridized carbons (Fsp3) is 0.273. The minimum Gasteiger partial charge on any atom is -0.483 e. The summed E-state index contributed by atoms with van der Waals surface area (Å²) in [6.07, 6.45) is -4.28. The third-order valence-electron chi connectivity index (χ3n) is 1.85. The lowest BCUT2D eigenvalue weighted by atomic mass is 10.1. The summed E-state index contributed by atoms with van der Waals surface area (Å²) >= 11 is 0. The van der Waals surface area contributed by atoms with Gasteiger partial charge >= 0.3 is 12.4 Å². The van der Waals surface area contributed by atoms with E-state index in [2.05, 4.69) is 4.74 Å². The zero-order valence-corrected chi connectivity index (χ0v) is 8.69. The van der Waals surface area contributed by atoms with Gasteiger partial charge in [-0.2, -0.15) is 26.3 Å². The van der Waals surface area contributed by atoms with Gasteiger partial charge < -0.3 is 4.74 Å². The second-order valence-corrected chi connectivity index (χ2v) is 3.26. The van der Waals surface area contributed by atoms with Gasteiger partial charge in [0.1, 0.15) is 5.75 Å². The van der Waals surface area contributed by atoms with Gasteiger partial charge in [-0.1, -0.05) is 5.92 Å². The van der Waals surface area contributed by atoms with Gasteiger partial charge in [0, 0.05) is 0 Å². The molecule has 0 spiro atoms. The van der Waals surface area contributed by atoms with Gasteiger partial charge in [-0.25, -0.2) is 0 Å². The molecule has 1 rings (SSSR count). The maximum atomic E-state index is 12.3. The highest BCUT2D eigenvalue weighted by Gasteiger charge is 2.32. The first-order valence-electron chi connectivity index (χ1n) is 4.51. The van der Waals surface area contributed by atoms with Crippen molar-refractivity contribution in [2.75, 3.05) is 6.61 Å². The second-order valence-electron chi connectivity index (χ2n) is 3.26. The van der Waals surface area contributed by atoms with Gasteiger partial charge in [-0.3, -0.25) is 0 Å². The largest absolute Gasteiger partial charge is 0.483 e. The predicted octanol–water partition coefficient (Wildman–Crippen LogP) is 3.63. The summed E-state index contributed by atoms with van der Waals surface area (Å²) < 4.78 is 77.0. The van der Waals surface area contributed by atoms with E-state index >= 15 is 0 Å². The molecule has 0 bridgehead atoms. The predicted molar refractivity (Wildman–Crippen MR) is 50.9 cm³/mol. The van der Waals surface area contributed by atoms with Crippen molar-refractivity contribution < 1.29 is 31.1 Å². The highest BCUT2D eigenvalue weighted by Crippen LogP contribution is 2.32. The fourth-order valence-electron chi connectivity index (χ4n) is 1.10. The first-order valence-corrected chi connectivity index (χ1v) is 4.51. The fourth-order valence-corrected chi connectivity index (χ4v) is 1.10. The van der Waals surface area contributed by atoms with E-state index in [-0.39, 0.29) is 5.56 Å². The molecule has 18 heavy (non-hydrogen) atoms. The Bertz CT molecular complexity index is 466. The summed E-state index contributed by atoms with van der Waals surface area (Å²) in [4.78, 5) is 0. The van der Waals surface area contributed by atoms with Crippen LogP contribution in [0.3, 0.4) is 0 Å². The van der Waals surface area contributed by atoms with Crippen LogP contribution in [0.5, 0.6) is 5.75 Å². The van der Waals surface area contributed by atoms with Crippen molar-refractivity contribution in [2.45, 2.75) is 12.4 Å². The Morgan fingerprint density at radius 1 is 1.11 bits per heavy atom. The molecule has 0 aliphatic carbocycles. The standard InChI is InChI=1S/C11H6F6O/c1-2-7-5-8(11(15,16)17)3-4-9(7)18-6-10(12,13)14/h1,3-5H,6H2. The van der Waals surface area contributed by atoms with Crippen molar-refractivity contribution in [3.05, 3.63) is 29.3 Å². The first kappa shape index (κ1) is 14.2. The smallest absolute Gasteiger partial charge is 0.422 e. The number of ether oxygens (including phenoxy) is 1. The molecule has 0 aliphatic rings. The molecule has 0 heterocycles. The van der Waals surface area contributed by atoms with Crippen molar-refractivity contribution in [1.82, 2.24) is 0 Å². The van der Waals surface area contributed by atoms with Gasteiger partial charge in [-0.05, 0) is 18.2 Å². The molecule has 0 amide bonds. The maximum Gasteiger partial charge on any atom is 0.422 e. The number of terminal acetylenes is 1. The van der Waals surface area contributed by atoms with Crippen molar-refractivity contribution >= 4 is 0 Å². The van der Waals surface area contributed by atoms with Crippen LogP contribution in [-0.4, -0.2) is 12.8 Å². The zero-order chi connectivity index (χ0) is 14.0. The number of hydrogen-bond acceptors (Lipinski definition) is 1. The summed E-state index contributed by atoms with van der Waals surface area (Å²) in [6, 6.07) is 1.93. The zero-order valence-electron chi connectivity index (χ0n) is 8.69. The number of halogens is 6. The Balaban J connectivity index is 2.99. The Hall–Kier alpha value is -1.84. The summed E-state index contributed by atoms with van der Waals surface area (Å²) in [6.45, 7) is -1.62. The van der Waals surface area contributed by atoms with Gasteiger partial charge in [0.25, 0.3) is 0 Å². The first-order chi connectivity index (χ1) is 8.13. The van der Waals surface area contributed by atoms with Crippen LogP contribution < -0.4 is 4.74 Å². The molecule has 1 nitrogen and oxygen atoms in total. The van der Waals surface area contributed by atoms with Gasteiger partial charge in [0.2, 0.25) is 0 Å².